The van der Waals surface area contributed by atoms with E-state index in [0.717, 1.165) is 38.5 Å². The molecule has 0 aromatic carbocycles. The van der Waals surface area contributed by atoms with Gasteiger partial charge in [-0.05, 0) is 19.3 Å². The minimum atomic E-state index is -5.11. The predicted molar refractivity (Wildman–Crippen MR) is 179 cm³/mol. The first-order chi connectivity index (χ1) is 20.7. The molecular weight excluding hydrogens is 563 g/mol. The largest absolute Gasteiger partial charge is 0.527 e. The van der Waals surface area contributed by atoms with Crippen LogP contribution in [-0.2, 0) is 13.9 Å². The number of phosphoric ester groups is 1. The number of carbonyl (C=O) groups is 1. The summed E-state index contributed by atoms with van der Waals surface area (Å²) in [5.41, 5.74) is -2.30. The summed E-state index contributed by atoms with van der Waals surface area (Å²) in [6, 6.07) is 0. The number of unbranched alkanes of at least 4 members (excludes halogenated alkanes) is 26. The van der Waals surface area contributed by atoms with Crippen LogP contribution in [0.4, 0.5) is 0 Å². The van der Waals surface area contributed by atoms with Crippen LogP contribution in [0.2, 0.25) is 0 Å². The number of rotatable bonds is 33. The first-order valence-corrected chi connectivity index (χ1v) is 19.9. The molecule has 43 heavy (non-hydrogen) atoms. The number of phosphoric acid groups is 1. The molecule has 0 fully saturated rings. The molecule has 0 amide bonds. The summed E-state index contributed by atoms with van der Waals surface area (Å²) in [6.07, 6.45) is 31.9. The van der Waals surface area contributed by atoms with Crippen LogP contribution in [0.15, 0.2) is 0 Å². The highest BCUT2D eigenvalue weighted by molar-refractivity contribution is 7.46. The molecule has 0 saturated carbocycles. The molecule has 0 spiro atoms. The van der Waals surface area contributed by atoms with E-state index in [9.17, 15) is 19.6 Å². The smallest absolute Gasteiger partial charge is 0.389 e. The quantitative estimate of drug-likeness (QED) is 0.0418. The summed E-state index contributed by atoms with van der Waals surface area (Å²) in [5, 5.41) is 21.8. The third-order valence-electron chi connectivity index (χ3n) is 8.85. The topological polar surface area (TPSA) is 124 Å². The van der Waals surface area contributed by atoms with Gasteiger partial charge in [-0.3, -0.25) is 9.79 Å². The monoisotopic (exact) mass is 634 g/mol. The molecule has 0 aliphatic rings. The third kappa shape index (κ3) is 26.5. The van der Waals surface area contributed by atoms with Gasteiger partial charge in [0.25, 0.3) is 0 Å². The molecule has 0 aromatic heterocycles. The van der Waals surface area contributed by atoms with Crippen molar-refractivity contribution >= 4 is 13.8 Å². The van der Waals surface area contributed by atoms with Crippen molar-refractivity contribution in [1.29, 1.82) is 0 Å². The van der Waals surface area contributed by atoms with Crippen LogP contribution in [0.25, 0.3) is 0 Å². The Labute approximate surface area is 265 Å². The molecule has 0 saturated heterocycles. The van der Waals surface area contributed by atoms with E-state index >= 15 is 0 Å². The summed E-state index contributed by atoms with van der Waals surface area (Å²) < 4.78 is 15.5. The van der Waals surface area contributed by atoms with E-state index in [1.54, 1.807) is 0 Å². The average Bonchev–Trinajstić information content (AvgIpc) is 2.96. The molecule has 0 heterocycles. The highest BCUT2D eigenvalue weighted by Gasteiger charge is 2.46. The fourth-order valence-electron chi connectivity index (χ4n) is 5.95. The SMILES string of the molecule is CCCCCCCCCCCCCCCCC(O)C(O)(CCCCCCCCCCCCCCCC)C(=O)OP(=O)(O)O. The molecule has 0 aromatic rings. The second kappa shape index (κ2) is 29.0. The Morgan fingerprint density at radius 3 is 1.14 bits per heavy atom. The molecule has 2 unspecified atom stereocenters. The van der Waals surface area contributed by atoms with E-state index in [1.807, 2.05) is 0 Å². The van der Waals surface area contributed by atoms with Crippen LogP contribution in [0.3, 0.4) is 0 Å². The second-order valence-corrected chi connectivity index (χ2v) is 14.2. The van der Waals surface area contributed by atoms with Crippen LogP contribution in [0.5, 0.6) is 0 Å². The zero-order valence-corrected chi connectivity index (χ0v) is 29.1. The standard InChI is InChI=1S/C35H71O7P/c1-3-5-7-9-11-13-15-17-19-21-23-25-27-29-31-33(36)35(38,34(37)42-43(39,40)41)32-30-28-26-24-22-20-18-16-14-12-10-8-6-4-2/h33,36,38H,3-32H2,1-2H3,(H2,39,40,41). The van der Waals surface area contributed by atoms with E-state index in [-0.39, 0.29) is 12.8 Å². The lowest BCUT2D eigenvalue weighted by atomic mass is 9.87. The molecule has 0 aliphatic carbocycles. The zero-order valence-electron chi connectivity index (χ0n) is 28.3. The lowest BCUT2D eigenvalue weighted by Crippen LogP contribution is -2.50. The Kier molecular flexibility index (Phi) is 28.7. The van der Waals surface area contributed by atoms with Gasteiger partial charge in [-0.2, -0.15) is 0 Å². The van der Waals surface area contributed by atoms with Crippen molar-refractivity contribution < 1.29 is 33.9 Å². The fraction of sp³-hybridized carbons (Fsp3) is 0.971. The second-order valence-electron chi connectivity index (χ2n) is 13.0. The summed E-state index contributed by atoms with van der Waals surface area (Å²) in [5.74, 6) is -1.42. The number of carbonyl (C=O) groups excluding carboxylic acids is 1. The van der Waals surface area contributed by atoms with Gasteiger partial charge in [0, 0.05) is 0 Å². The lowest BCUT2D eigenvalue weighted by Gasteiger charge is -2.31. The van der Waals surface area contributed by atoms with Gasteiger partial charge >= 0.3 is 13.8 Å². The van der Waals surface area contributed by atoms with Crippen LogP contribution < -0.4 is 0 Å². The van der Waals surface area contributed by atoms with Crippen LogP contribution in [0.1, 0.15) is 206 Å². The summed E-state index contributed by atoms with van der Waals surface area (Å²) in [7, 11) is -5.11. The first-order valence-electron chi connectivity index (χ1n) is 18.4. The molecular formula is C35H71O7P. The van der Waals surface area contributed by atoms with Crippen LogP contribution >= 0.6 is 7.82 Å². The number of hydrogen-bond acceptors (Lipinski definition) is 5. The Morgan fingerprint density at radius 2 is 0.837 bits per heavy atom. The van der Waals surface area contributed by atoms with Crippen molar-refractivity contribution in [2.45, 2.75) is 218 Å². The van der Waals surface area contributed by atoms with Gasteiger partial charge in [0.1, 0.15) is 0 Å². The van der Waals surface area contributed by atoms with Crippen LogP contribution in [0, 0.1) is 0 Å². The van der Waals surface area contributed by atoms with E-state index < -0.39 is 25.5 Å². The Balaban J connectivity index is 4.14. The first kappa shape index (κ1) is 42.5. The average molecular weight is 635 g/mol. The Morgan fingerprint density at radius 1 is 0.558 bits per heavy atom. The third-order valence-corrected chi connectivity index (χ3v) is 9.25. The molecule has 2 atom stereocenters. The van der Waals surface area contributed by atoms with Gasteiger partial charge in [0.05, 0.1) is 6.10 Å². The van der Waals surface area contributed by atoms with Crippen molar-refractivity contribution in [2.24, 2.45) is 0 Å². The Bertz CT molecular complexity index is 669. The van der Waals surface area contributed by atoms with Crippen molar-refractivity contribution in [3.8, 4) is 0 Å². The molecule has 0 aliphatic heterocycles. The molecule has 0 rings (SSSR count). The number of aliphatic hydroxyl groups excluding tert-OH is 1. The normalized spacial score (nSPS) is 14.1. The molecule has 258 valence electrons. The molecule has 0 radical (unpaired) electrons. The van der Waals surface area contributed by atoms with E-state index in [1.165, 1.54) is 128 Å². The van der Waals surface area contributed by atoms with Crippen molar-refractivity contribution in [1.82, 2.24) is 0 Å². The fourth-order valence-corrected chi connectivity index (χ4v) is 6.33. The van der Waals surface area contributed by atoms with E-state index in [2.05, 4.69) is 18.4 Å². The minimum Gasteiger partial charge on any atom is -0.389 e. The zero-order chi connectivity index (χ0) is 32.1. The van der Waals surface area contributed by atoms with Crippen molar-refractivity contribution in [3.63, 3.8) is 0 Å². The van der Waals surface area contributed by atoms with Gasteiger partial charge < -0.3 is 14.7 Å². The summed E-state index contributed by atoms with van der Waals surface area (Å²) in [6.45, 7) is 4.49. The molecule has 7 nitrogen and oxygen atoms in total. The van der Waals surface area contributed by atoms with Gasteiger partial charge in [0.15, 0.2) is 5.60 Å². The lowest BCUT2D eigenvalue weighted by molar-refractivity contribution is -0.172. The van der Waals surface area contributed by atoms with Gasteiger partial charge in [-0.25, -0.2) is 9.36 Å². The molecule has 0 bridgehead atoms. The number of hydrogen-bond donors (Lipinski definition) is 4. The highest BCUT2D eigenvalue weighted by Crippen LogP contribution is 2.39. The molecule has 8 heteroatoms. The van der Waals surface area contributed by atoms with Gasteiger partial charge in [-0.1, -0.05) is 187 Å². The van der Waals surface area contributed by atoms with Gasteiger partial charge in [0.2, 0.25) is 0 Å². The molecule has 4 N–H and O–H groups in total. The van der Waals surface area contributed by atoms with E-state index in [0.29, 0.717) is 12.8 Å². The maximum Gasteiger partial charge on any atom is 0.527 e. The predicted octanol–water partition coefficient (Wildman–Crippen LogP) is 10.5. The van der Waals surface area contributed by atoms with Crippen LogP contribution in [-0.4, -0.2) is 37.7 Å². The maximum atomic E-state index is 12.5. The summed E-state index contributed by atoms with van der Waals surface area (Å²) in [4.78, 5) is 30.7. The van der Waals surface area contributed by atoms with Crippen molar-refractivity contribution in [2.75, 3.05) is 0 Å². The number of aliphatic hydroxyl groups is 2. The van der Waals surface area contributed by atoms with Gasteiger partial charge in [-0.15, -0.1) is 0 Å². The Hall–Kier alpha value is -0.460. The van der Waals surface area contributed by atoms with Crippen molar-refractivity contribution in [3.05, 3.63) is 0 Å². The summed E-state index contributed by atoms with van der Waals surface area (Å²) >= 11 is 0. The maximum absolute atomic E-state index is 12.5. The highest BCUT2D eigenvalue weighted by atomic mass is 31.2. The van der Waals surface area contributed by atoms with E-state index in [4.69, 9.17) is 9.79 Å². The minimum absolute atomic E-state index is 0.0658.